The van der Waals surface area contributed by atoms with Gasteiger partial charge in [-0.15, -0.1) is 0 Å². The number of nitrogens with zero attached hydrogens (tertiary/aromatic N) is 2. The normalized spacial score (nSPS) is 17.3. The largest absolute Gasteiger partial charge is 0.443 e. The molecule has 0 spiro atoms. The first-order valence-electron chi connectivity index (χ1n) is 11.1. The van der Waals surface area contributed by atoms with Gasteiger partial charge in [-0.2, -0.15) is 0 Å². The van der Waals surface area contributed by atoms with Crippen LogP contribution >= 0.6 is 31.9 Å². The van der Waals surface area contributed by atoms with Crippen LogP contribution in [0.4, 0.5) is 21.0 Å². The monoisotopic (exact) mass is 618 g/mol. The Labute approximate surface area is 225 Å². The third-order valence-corrected chi connectivity index (χ3v) is 6.16. The molecule has 0 radical (unpaired) electrons. The van der Waals surface area contributed by atoms with Crippen molar-refractivity contribution in [1.82, 2.24) is 0 Å². The summed E-state index contributed by atoms with van der Waals surface area (Å²) in [7, 11) is 0. The van der Waals surface area contributed by atoms with Gasteiger partial charge < -0.3 is 9.47 Å². The van der Waals surface area contributed by atoms with Crippen LogP contribution in [0.3, 0.4) is 0 Å². The summed E-state index contributed by atoms with van der Waals surface area (Å²) in [5.41, 5.74) is -0.411. The predicted octanol–water partition coefficient (Wildman–Crippen LogP) is 6.69. The Hall–Kier alpha value is -2.98. The van der Waals surface area contributed by atoms with Gasteiger partial charge in [-0.05, 0) is 65.8 Å². The van der Waals surface area contributed by atoms with Crippen LogP contribution < -0.4 is 9.80 Å². The summed E-state index contributed by atoms with van der Waals surface area (Å²) >= 11 is 6.76. The van der Waals surface area contributed by atoms with E-state index in [9.17, 15) is 19.2 Å². The van der Waals surface area contributed by atoms with Gasteiger partial charge in [0.1, 0.15) is 11.2 Å². The third-order valence-electron chi connectivity index (χ3n) is 5.18. The Kier molecular flexibility index (Phi) is 6.41. The highest BCUT2D eigenvalue weighted by Gasteiger charge is 2.47. The lowest BCUT2D eigenvalue weighted by Crippen LogP contribution is -2.40. The Morgan fingerprint density at radius 3 is 1.31 bits per heavy atom. The Balaban J connectivity index is 1.94. The van der Waals surface area contributed by atoms with Gasteiger partial charge in [0.15, 0.2) is 0 Å². The van der Waals surface area contributed by atoms with Gasteiger partial charge in [-0.3, -0.25) is 9.59 Å². The number of ether oxygens (including phenoxy) is 2. The summed E-state index contributed by atoms with van der Waals surface area (Å²) in [4.78, 5) is 55.5. The maximum absolute atomic E-state index is 13.8. The van der Waals surface area contributed by atoms with Crippen LogP contribution in [0.1, 0.15) is 52.7 Å². The Morgan fingerprint density at radius 2 is 1.00 bits per heavy atom. The molecule has 2 aliphatic heterocycles. The van der Waals surface area contributed by atoms with Crippen molar-refractivity contribution in [2.24, 2.45) is 0 Å². The number of amides is 4. The zero-order valence-corrected chi connectivity index (χ0v) is 23.7. The minimum absolute atomic E-state index is 0.00277. The summed E-state index contributed by atoms with van der Waals surface area (Å²) in [6.45, 7) is 10.2. The SMILES string of the molecule is CC(C)(C)OC(=O)N1C(=O)/C(=C2/C(=O)N(C(=O)OC(C)(C)C)c3cc(Br)ccc32)c2ccc(Br)cc21. The lowest BCUT2D eigenvalue weighted by Gasteiger charge is -2.24. The van der Waals surface area contributed by atoms with E-state index in [1.54, 1.807) is 77.9 Å². The van der Waals surface area contributed by atoms with Crippen LogP contribution in [0.2, 0.25) is 0 Å². The second kappa shape index (κ2) is 8.85. The van der Waals surface area contributed by atoms with Crippen molar-refractivity contribution in [3.05, 3.63) is 56.5 Å². The lowest BCUT2D eigenvalue weighted by atomic mass is 9.96. The fourth-order valence-electron chi connectivity index (χ4n) is 3.94. The number of imide groups is 2. The molecule has 2 aromatic carbocycles. The van der Waals surface area contributed by atoms with E-state index in [0.29, 0.717) is 20.1 Å². The lowest BCUT2D eigenvalue weighted by molar-refractivity contribution is -0.114. The molecule has 2 heterocycles. The molecule has 2 aliphatic rings. The molecule has 0 bridgehead atoms. The molecule has 0 atom stereocenters. The molecule has 0 fully saturated rings. The molecule has 0 aromatic heterocycles. The number of benzene rings is 2. The molecule has 0 unspecified atom stereocenters. The van der Waals surface area contributed by atoms with Crippen molar-refractivity contribution >= 4 is 78.4 Å². The molecular formula is C26H24Br2N2O6. The second-order valence-corrected chi connectivity index (χ2v) is 12.1. The minimum atomic E-state index is -0.868. The van der Waals surface area contributed by atoms with Crippen LogP contribution in [0.5, 0.6) is 0 Å². The van der Waals surface area contributed by atoms with Crippen molar-refractivity contribution in [2.45, 2.75) is 52.7 Å². The van der Waals surface area contributed by atoms with E-state index >= 15 is 0 Å². The fraction of sp³-hybridized carbons (Fsp3) is 0.308. The quantitative estimate of drug-likeness (QED) is 0.305. The zero-order valence-electron chi connectivity index (χ0n) is 20.6. The highest BCUT2D eigenvalue weighted by Crippen LogP contribution is 2.48. The van der Waals surface area contributed by atoms with Crippen LogP contribution in [-0.4, -0.2) is 35.2 Å². The van der Waals surface area contributed by atoms with Gasteiger partial charge in [-0.1, -0.05) is 44.0 Å². The standard InChI is InChI=1S/C26H24Br2N2O6/c1-25(2,3)35-23(33)29-17-11-13(27)7-9-15(17)19(21(29)31)20-16-10-8-14(28)12-18(16)30(22(20)32)24(34)36-26(4,5)6/h7-12H,1-6H3/b20-19+. The molecule has 2 aromatic rings. The van der Waals surface area contributed by atoms with Crippen LogP contribution in [0, 0.1) is 0 Å². The third kappa shape index (κ3) is 4.71. The number of hydrogen-bond donors (Lipinski definition) is 0. The van der Waals surface area contributed by atoms with E-state index in [1.807, 2.05) is 0 Å². The molecule has 10 heteroatoms. The summed E-state index contributed by atoms with van der Waals surface area (Å²) in [6, 6.07) is 9.92. The first kappa shape index (κ1) is 26.1. The number of carbonyl (C=O) groups excluding carboxylic acids is 4. The molecule has 0 saturated carbocycles. The molecule has 0 saturated heterocycles. The summed E-state index contributed by atoms with van der Waals surface area (Å²) < 4.78 is 12.2. The maximum atomic E-state index is 13.8. The van der Waals surface area contributed by atoms with Crippen molar-refractivity contribution in [2.75, 3.05) is 9.80 Å². The predicted molar refractivity (Wildman–Crippen MR) is 143 cm³/mol. The van der Waals surface area contributed by atoms with E-state index in [0.717, 1.165) is 9.80 Å². The minimum Gasteiger partial charge on any atom is -0.443 e. The van der Waals surface area contributed by atoms with E-state index in [4.69, 9.17) is 9.47 Å². The molecular weight excluding hydrogens is 596 g/mol. The molecule has 36 heavy (non-hydrogen) atoms. The molecule has 8 nitrogen and oxygen atoms in total. The van der Waals surface area contributed by atoms with Gasteiger partial charge in [0.05, 0.1) is 22.5 Å². The fourth-order valence-corrected chi connectivity index (χ4v) is 4.63. The second-order valence-electron chi connectivity index (χ2n) is 10.3. The number of anilines is 2. The molecule has 188 valence electrons. The van der Waals surface area contributed by atoms with Crippen molar-refractivity contribution in [3.8, 4) is 0 Å². The van der Waals surface area contributed by atoms with E-state index in [-0.39, 0.29) is 22.5 Å². The summed E-state index contributed by atoms with van der Waals surface area (Å²) in [6.07, 6.45) is -1.74. The van der Waals surface area contributed by atoms with Gasteiger partial charge in [0.25, 0.3) is 11.8 Å². The van der Waals surface area contributed by atoms with Crippen molar-refractivity contribution in [3.63, 3.8) is 0 Å². The van der Waals surface area contributed by atoms with E-state index in [2.05, 4.69) is 31.9 Å². The van der Waals surface area contributed by atoms with Crippen molar-refractivity contribution < 1.29 is 28.7 Å². The number of hydrogen-bond acceptors (Lipinski definition) is 6. The molecule has 0 N–H and O–H groups in total. The first-order chi connectivity index (χ1) is 16.6. The van der Waals surface area contributed by atoms with E-state index in [1.165, 1.54) is 0 Å². The van der Waals surface area contributed by atoms with Crippen LogP contribution in [-0.2, 0) is 19.1 Å². The molecule has 4 amide bonds. The number of halogens is 2. The first-order valence-corrected chi connectivity index (χ1v) is 12.7. The number of carbonyl (C=O) groups is 4. The van der Waals surface area contributed by atoms with Gasteiger partial charge in [-0.25, -0.2) is 19.4 Å². The number of fused-ring (bicyclic) bond motifs is 2. The Morgan fingerprint density at radius 1 is 0.667 bits per heavy atom. The summed E-state index contributed by atoms with van der Waals surface area (Å²) in [5, 5.41) is 0. The summed E-state index contributed by atoms with van der Waals surface area (Å²) in [5.74, 6) is -1.44. The molecule has 4 rings (SSSR count). The number of rotatable bonds is 0. The average molecular weight is 620 g/mol. The highest BCUT2D eigenvalue weighted by molar-refractivity contribution is 9.10. The smallest absolute Gasteiger partial charge is 0.422 e. The van der Waals surface area contributed by atoms with Gasteiger partial charge in [0, 0.05) is 20.1 Å². The highest BCUT2D eigenvalue weighted by atomic mass is 79.9. The zero-order chi connectivity index (χ0) is 26.7. The topological polar surface area (TPSA) is 93.2 Å². The van der Waals surface area contributed by atoms with Gasteiger partial charge >= 0.3 is 12.2 Å². The molecule has 0 aliphatic carbocycles. The van der Waals surface area contributed by atoms with Crippen LogP contribution in [0.25, 0.3) is 11.1 Å². The maximum Gasteiger partial charge on any atom is 0.422 e. The van der Waals surface area contributed by atoms with Crippen molar-refractivity contribution in [1.29, 1.82) is 0 Å². The van der Waals surface area contributed by atoms with E-state index < -0.39 is 35.2 Å². The average Bonchev–Trinajstić information content (AvgIpc) is 3.14. The van der Waals surface area contributed by atoms with Crippen LogP contribution in [0.15, 0.2) is 45.3 Å². The van der Waals surface area contributed by atoms with Gasteiger partial charge in [0.2, 0.25) is 0 Å². The Bertz CT molecular complexity index is 1260.